The number of imidazole rings is 1. The van der Waals surface area contributed by atoms with Gasteiger partial charge in [-0.15, -0.1) is 0 Å². The third-order valence-corrected chi connectivity index (χ3v) is 5.68. The summed E-state index contributed by atoms with van der Waals surface area (Å²) in [7, 11) is 1.58. The first kappa shape index (κ1) is 21.5. The molecule has 0 aliphatic carbocycles. The largest absolute Gasteiger partial charge is 0.493 e. The third kappa shape index (κ3) is 4.46. The summed E-state index contributed by atoms with van der Waals surface area (Å²) < 4.78 is 11.4. The predicted molar refractivity (Wildman–Crippen MR) is 128 cm³/mol. The fraction of sp³-hybridized carbons (Fsp3) is 0.154. The monoisotopic (exact) mass is 443 g/mol. The molecule has 0 aliphatic heterocycles. The zero-order valence-electron chi connectivity index (χ0n) is 18.1. The molecule has 5 nitrogen and oxygen atoms in total. The average Bonchev–Trinajstić information content (AvgIpc) is 3.19. The number of nitrogens with zero attached hydrogens (tertiary/aromatic N) is 2. The Labute approximate surface area is 191 Å². The van der Waals surface area contributed by atoms with Gasteiger partial charge in [-0.25, -0.2) is 4.98 Å². The molecule has 0 aliphatic rings. The van der Waals surface area contributed by atoms with Crippen molar-refractivity contribution in [2.24, 2.45) is 0 Å². The van der Waals surface area contributed by atoms with Gasteiger partial charge in [-0.05, 0) is 66.9 Å². The molecule has 1 heterocycles. The number of ether oxygens (including phenoxy) is 2. The Balaban J connectivity index is 1.61. The maximum absolute atomic E-state index is 9.75. The summed E-state index contributed by atoms with van der Waals surface area (Å²) in [5.74, 6) is 1.70. The highest BCUT2D eigenvalue weighted by molar-refractivity contribution is 6.31. The third-order valence-electron chi connectivity index (χ3n) is 5.31. The molecule has 0 bridgehead atoms. The molecule has 4 aromatic rings. The number of hydrogen-bond acceptors (Lipinski definition) is 4. The van der Waals surface area contributed by atoms with Crippen molar-refractivity contribution in [2.45, 2.75) is 20.5 Å². The Hall–Kier alpha value is -3.75. The van der Waals surface area contributed by atoms with Crippen LogP contribution in [0.4, 0.5) is 0 Å². The van der Waals surface area contributed by atoms with Crippen LogP contribution in [0, 0.1) is 25.2 Å². The van der Waals surface area contributed by atoms with Crippen LogP contribution in [0.25, 0.3) is 22.7 Å². The Morgan fingerprint density at radius 2 is 1.88 bits per heavy atom. The van der Waals surface area contributed by atoms with Crippen molar-refractivity contribution in [3.8, 4) is 17.6 Å². The van der Waals surface area contributed by atoms with Crippen molar-refractivity contribution in [3.05, 3.63) is 87.7 Å². The van der Waals surface area contributed by atoms with Crippen LogP contribution in [0.2, 0.25) is 5.02 Å². The van der Waals surface area contributed by atoms with Crippen molar-refractivity contribution in [1.29, 1.82) is 5.26 Å². The second-order valence-electron chi connectivity index (χ2n) is 7.50. The van der Waals surface area contributed by atoms with E-state index in [2.05, 4.69) is 23.0 Å². The minimum absolute atomic E-state index is 0.326. The van der Waals surface area contributed by atoms with Gasteiger partial charge in [0, 0.05) is 10.6 Å². The second kappa shape index (κ2) is 9.17. The number of aromatic nitrogens is 2. The molecule has 0 unspecified atom stereocenters. The lowest BCUT2D eigenvalue weighted by molar-refractivity contribution is 0.284. The van der Waals surface area contributed by atoms with Gasteiger partial charge in [0.2, 0.25) is 0 Å². The van der Waals surface area contributed by atoms with Crippen LogP contribution in [0.3, 0.4) is 0 Å². The number of hydrogen-bond donors (Lipinski definition) is 1. The van der Waals surface area contributed by atoms with Crippen molar-refractivity contribution in [2.75, 3.05) is 7.11 Å². The van der Waals surface area contributed by atoms with Gasteiger partial charge in [-0.2, -0.15) is 5.26 Å². The van der Waals surface area contributed by atoms with Crippen LogP contribution in [-0.2, 0) is 6.61 Å². The Morgan fingerprint density at radius 3 is 2.62 bits per heavy atom. The number of nitrogens with one attached hydrogen (secondary N) is 1. The summed E-state index contributed by atoms with van der Waals surface area (Å²) in [6, 6.07) is 19.4. The molecular formula is C26H22ClN3O2. The van der Waals surface area contributed by atoms with Crippen molar-refractivity contribution in [3.63, 3.8) is 0 Å². The van der Waals surface area contributed by atoms with Gasteiger partial charge in [0.1, 0.15) is 18.5 Å². The molecule has 160 valence electrons. The van der Waals surface area contributed by atoms with Crippen molar-refractivity contribution in [1.82, 2.24) is 9.97 Å². The fourth-order valence-electron chi connectivity index (χ4n) is 3.38. The van der Waals surface area contributed by atoms with Gasteiger partial charge in [0.15, 0.2) is 11.5 Å². The highest BCUT2D eigenvalue weighted by atomic mass is 35.5. The van der Waals surface area contributed by atoms with Gasteiger partial charge in [0.05, 0.1) is 23.7 Å². The van der Waals surface area contributed by atoms with E-state index in [1.54, 1.807) is 13.2 Å². The SMILES string of the molecule is COc1cc(C=C(C#N)c2nc3cc(C)c(C)cc3[nH]2)ccc1OCc1ccccc1Cl. The molecule has 4 rings (SSSR count). The summed E-state index contributed by atoms with van der Waals surface area (Å²) in [6.45, 7) is 4.43. The van der Waals surface area contributed by atoms with E-state index < -0.39 is 0 Å². The highest BCUT2D eigenvalue weighted by Crippen LogP contribution is 2.31. The minimum atomic E-state index is 0.326. The molecule has 0 spiro atoms. The van der Waals surface area contributed by atoms with Gasteiger partial charge in [-0.1, -0.05) is 35.9 Å². The van der Waals surface area contributed by atoms with E-state index >= 15 is 0 Å². The molecule has 0 atom stereocenters. The quantitative estimate of drug-likeness (QED) is 0.346. The summed E-state index contributed by atoms with van der Waals surface area (Å²) in [5, 5.41) is 10.4. The summed E-state index contributed by atoms with van der Waals surface area (Å²) >= 11 is 6.21. The molecule has 0 radical (unpaired) electrons. The molecule has 0 saturated carbocycles. The predicted octanol–water partition coefficient (Wildman–Crippen LogP) is 6.48. The number of rotatable bonds is 6. The van der Waals surface area contributed by atoms with Gasteiger partial charge < -0.3 is 14.5 Å². The number of nitriles is 1. The first-order valence-electron chi connectivity index (χ1n) is 10.1. The van der Waals surface area contributed by atoms with Crippen LogP contribution in [0.5, 0.6) is 11.5 Å². The topological polar surface area (TPSA) is 70.9 Å². The number of aromatic amines is 1. The summed E-state index contributed by atoms with van der Waals surface area (Å²) in [5.41, 5.74) is 6.21. The molecule has 0 saturated heterocycles. The number of methoxy groups -OCH3 is 1. The first-order valence-corrected chi connectivity index (χ1v) is 10.5. The van der Waals surface area contributed by atoms with Crippen molar-refractivity contribution < 1.29 is 9.47 Å². The molecule has 6 heteroatoms. The van der Waals surface area contributed by atoms with Crippen LogP contribution in [0.15, 0.2) is 54.6 Å². The summed E-state index contributed by atoms with van der Waals surface area (Å²) in [4.78, 5) is 7.85. The Kier molecular flexibility index (Phi) is 6.16. The van der Waals surface area contributed by atoms with Crippen LogP contribution in [0.1, 0.15) is 28.1 Å². The van der Waals surface area contributed by atoms with E-state index in [1.807, 2.05) is 61.5 Å². The Morgan fingerprint density at radius 1 is 1.09 bits per heavy atom. The maximum Gasteiger partial charge on any atom is 0.161 e. The lowest BCUT2D eigenvalue weighted by Crippen LogP contribution is -1.98. The number of fused-ring (bicyclic) bond motifs is 1. The van der Waals surface area contributed by atoms with Gasteiger partial charge >= 0.3 is 0 Å². The lowest BCUT2D eigenvalue weighted by atomic mass is 10.1. The molecule has 1 N–H and O–H groups in total. The molecule has 1 aromatic heterocycles. The lowest BCUT2D eigenvalue weighted by Gasteiger charge is -2.12. The minimum Gasteiger partial charge on any atom is -0.493 e. The number of halogens is 1. The molecule has 0 fully saturated rings. The van der Waals surface area contributed by atoms with E-state index in [9.17, 15) is 5.26 Å². The van der Waals surface area contributed by atoms with E-state index in [-0.39, 0.29) is 0 Å². The second-order valence-corrected chi connectivity index (χ2v) is 7.91. The maximum atomic E-state index is 9.75. The van der Waals surface area contributed by atoms with E-state index in [4.69, 9.17) is 21.1 Å². The molecule has 3 aromatic carbocycles. The van der Waals surface area contributed by atoms with Gasteiger partial charge in [-0.3, -0.25) is 0 Å². The number of benzene rings is 3. The number of allylic oxidation sites excluding steroid dienone is 1. The highest BCUT2D eigenvalue weighted by Gasteiger charge is 2.11. The first-order chi connectivity index (χ1) is 15.5. The average molecular weight is 444 g/mol. The smallest absolute Gasteiger partial charge is 0.161 e. The fourth-order valence-corrected chi connectivity index (χ4v) is 3.57. The molecule has 32 heavy (non-hydrogen) atoms. The zero-order valence-corrected chi connectivity index (χ0v) is 18.8. The van der Waals surface area contributed by atoms with E-state index in [0.717, 1.165) is 27.7 Å². The van der Waals surface area contributed by atoms with Crippen LogP contribution < -0.4 is 9.47 Å². The zero-order chi connectivity index (χ0) is 22.7. The van der Waals surface area contributed by atoms with E-state index in [0.29, 0.717) is 34.5 Å². The van der Waals surface area contributed by atoms with E-state index in [1.165, 1.54) is 5.56 Å². The van der Waals surface area contributed by atoms with Crippen LogP contribution in [-0.4, -0.2) is 17.1 Å². The molecular weight excluding hydrogens is 422 g/mol. The normalized spacial score (nSPS) is 11.4. The standard InChI is InChI=1S/C26H22ClN3O2/c1-16-10-22-23(11-17(16)2)30-26(29-22)20(14-28)12-18-8-9-24(25(13-18)31-3)32-15-19-6-4-5-7-21(19)27/h4-13H,15H2,1-3H3,(H,29,30). The molecule has 0 amide bonds. The number of H-pyrrole nitrogens is 1. The summed E-state index contributed by atoms with van der Waals surface area (Å²) in [6.07, 6.45) is 1.78. The number of aryl methyl sites for hydroxylation is 2. The Bertz CT molecular complexity index is 1330. The van der Waals surface area contributed by atoms with Crippen LogP contribution >= 0.6 is 11.6 Å². The van der Waals surface area contributed by atoms with Gasteiger partial charge in [0.25, 0.3) is 0 Å². The van der Waals surface area contributed by atoms with Crippen molar-refractivity contribution >= 4 is 34.3 Å².